The van der Waals surface area contributed by atoms with E-state index in [-0.39, 0.29) is 22.3 Å². The van der Waals surface area contributed by atoms with Crippen molar-refractivity contribution >= 4 is 63.5 Å². The number of carboxylic acids is 3. The number of hydrogen-bond donors (Lipinski definition) is 5. The average molecular weight is 566 g/mol. The van der Waals surface area contributed by atoms with Crippen LogP contribution in [-0.4, -0.2) is 78.3 Å². The van der Waals surface area contributed by atoms with Gasteiger partial charge in [-0.05, 0) is 13.8 Å². The van der Waals surface area contributed by atoms with Crippen LogP contribution in [0.15, 0.2) is 46.1 Å². The van der Waals surface area contributed by atoms with Crippen LogP contribution in [0.1, 0.15) is 19.5 Å². The van der Waals surface area contributed by atoms with Gasteiger partial charge in [0.25, 0.3) is 5.91 Å². The zero-order chi connectivity index (χ0) is 28.0. The standard InChI is InChI=1S/C22H24N6O8S2/c1-22(2,20(34)35)36-27-14(12-10-38-21(23)24-12)16(29)25-15(19(32)33)17-26-13(18(30)31)11(9-37-17)8-28-6-4-3-5-7-28/h3-7,10-11,15,17H,8-9H2,1-2H3,(H5-,23,24,25,29,30,31,32,33,34,35)/p+1/b27-14-/t11?,15-,17-/m1/s1. The number of rotatable bonds is 11. The van der Waals surface area contributed by atoms with E-state index in [0.29, 0.717) is 6.54 Å². The number of nitrogen functional groups attached to an aromatic ring is 1. The predicted molar refractivity (Wildman–Crippen MR) is 137 cm³/mol. The Kier molecular flexibility index (Phi) is 9.00. The van der Waals surface area contributed by atoms with E-state index in [0.717, 1.165) is 23.1 Å². The van der Waals surface area contributed by atoms with Gasteiger partial charge in [-0.15, -0.1) is 23.1 Å². The van der Waals surface area contributed by atoms with Gasteiger partial charge in [-0.3, -0.25) is 9.79 Å². The summed E-state index contributed by atoms with van der Waals surface area (Å²) in [5, 5.41) is 35.1. The second-order valence-corrected chi connectivity index (χ2v) is 10.6. The Labute approximate surface area is 224 Å². The highest BCUT2D eigenvalue weighted by Gasteiger charge is 2.39. The molecule has 0 saturated heterocycles. The molecule has 3 rings (SSSR count). The maximum Gasteiger partial charge on any atom is 0.350 e. The third-order valence-electron chi connectivity index (χ3n) is 5.25. The number of nitrogens with one attached hydrogen (secondary N) is 1. The number of hydrogen-bond acceptors (Lipinski definition) is 11. The van der Waals surface area contributed by atoms with Crippen LogP contribution in [0.3, 0.4) is 0 Å². The molecule has 16 heteroatoms. The molecule has 3 atom stereocenters. The zero-order valence-electron chi connectivity index (χ0n) is 20.2. The highest BCUT2D eigenvalue weighted by molar-refractivity contribution is 8.00. The monoisotopic (exact) mass is 565 g/mol. The van der Waals surface area contributed by atoms with E-state index >= 15 is 0 Å². The number of amides is 1. The van der Waals surface area contributed by atoms with Crippen molar-refractivity contribution in [2.24, 2.45) is 16.1 Å². The summed E-state index contributed by atoms with van der Waals surface area (Å²) in [6, 6.07) is 3.76. The number of aliphatic imine (C=N–C) groups is 1. The molecule has 3 heterocycles. The Bertz CT molecular complexity index is 1280. The first kappa shape index (κ1) is 28.5. The van der Waals surface area contributed by atoms with Crippen molar-refractivity contribution in [3.8, 4) is 0 Å². The largest absolute Gasteiger partial charge is 0.480 e. The number of nitrogens with zero attached hydrogens (tertiary/aromatic N) is 4. The number of aromatic nitrogens is 2. The van der Waals surface area contributed by atoms with Gasteiger partial charge in [0.1, 0.15) is 16.8 Å². The quantitative estimate of drug-likeness (QED) is 0.140. The number of nitrogens with two attached hydrogens (primary N) is 1. The third-order valence-corrected chi connectivity index (χ3v) is 7.23. The molecule has 14 nitrogen and oxygen atoms in total. The Morgan fingerprint density at radius 3 is 2.47 bits per heavy atom. The summed E-state index contributed by atoms with van der Waals surface area (Å²) in [5.74, 6) is -5.45. The number of carbonyl (C=O) groups is 4. The minimum Gasteiger partial charge on any atom is -0.480 e. The first-order valence-electron chi connectivity index (χ1n) is 11.0. The maximum absolute atomic E-state index is 13.1. The molecule has 1 aliphatic rings. The van der Waals surface area contributed by atoms with Gasteiger partial charge in [-0.2, -0.15) is 0 Å². The fraction of sp³-hybridized carbons (Fsp3) is 0.364. The van der Waals surface area contributed by atoms with Crippen LogP contribution in [0.25, 0.3) is 0 Å². The molecule has 38 heavy (non-hydrogen) atoms. The number of anilines is 1. The zero-order valence-corrected chi connectivity index (χ0v) is 21.8. The van der Waals surface area contributed by atoms with Crippen LogP contribution in [0.2, 0.25) is 0 Å². The van der Waals surface area contributed by atoms with Crippen molar-refractivity contribution in [3.63, 3.8) is 0 Å². The van der Waals surface area contributed by atoms with Crippen molar-refractivity contribution < 1.29 is 43.9 Å². The van der Waals surface area contributed by atoms with Gasteiger partial charge in [0, 0.05) is 23.3 Å². The number of aliphatic carboxylic acids is 3. The molecule has 6 N–H and O–H groups in total. The molecule has 0 fully saturated rings. The number of carbonyl (C=O) groups excluding carboxylic acids is 1. The molecule has 0 bridgehead atoms. The first-order valence-corrected chi connectivity index (χ1v) is 12.9. The van der Waals surface area contributed by atoms with Crippen molar-refractivity contribution in [1.82, 2.24) is 10.3 Å². The van der Waals surface area contributed by atoms with Crippen LogP contribution < -0.4 is 15.6 Å². The fourth-order valence-electron chi connectivity index (χ4n) is 3.19. The summed E-state index contributed by atoms with van der Waals surface area (Å²) in [4.78, 5) is 61.7. The van der Waals surface area contributed by atoms with Gasteiger partial charge >= 0.3 is 17.9 Å². The number of oxime groups is 1. The van der Waals surface area contributed by atoms with Crippen LogP contribution in [0, 0.1) is 5.92 Å². The van der Waals surface area contributed by atoms with Crippen molar-refractivity contribution in [1.29, 1.82) is 0 Å². The minimum atomic E-state index is -1.81. The SMILES string of the molecule is CC(C)(O/N=C(\C(=O)N[C@@H](C(=O)O)[C@@H]1N=C(C(=O)O)C(C[n+]2ccccc2)CS1)c1csc(N)n1)C(=O)O. The smallest absolute Gasteiger partial charge is 0.350 e. The van der Waals surface area contributed by atoms with Crippen LogP contribution in [0.4, 0.5) is 5.13 Å². The highest BCUT2D eigenvalue weighted by Crippen LogP contribution is 2.27. The molecule has 1 amide bonds. The van der Waals surface area contributed by atoms with E-state index in [4.69, 9.17) is 10.6 Å². The van der Waals surface area contributed by atoms with Gasteiger partial charge in [0.2, 0.25) is 5.60 Å². The number of thiazole rings is 1. The average Bonchev–Trinajstić information content (AvgIpc) is 3.29. The van der Waals surface area contributed by atoms with Gasteiger partial charge < -0.3 is 31.2 Å². The molecule has 2 aromatic heterocycles. The van der Waals surface area contributed by atoms with Crippen molar-refractivity contribution in [2.45, 2.75) is 37.4 Å². The molecule has 0 spiro atoms. The lowest BCUT2D eigenvalue weighted by Crippen LogP contribution is -2.52. The fourth-order valence-corrected chi connectivity index (χ4v) is 4.99. The number of pyridine rings is 1. The summed E-state index contributed by atoms with van der Waals surface area (Å²) >= 11 is 2.05. The summed E-state index contributed by atoms with van der Waals surface area (Å²) in [6.45, 7) is 2.72. The maximum atomic E-state index is 13.1. The molecule has 2 aromatic rings. The molecule has 0 saturated carbocycles. The van der Waals surface area contributed by atoms with E-state index in [2.05, 4.69) is 20.4 Å². The Balaban J connectivity index is 1.87. The van der Waals surface area contributed by atoms with E-state index in [1.807, 2.05) is 6.07 Å². The Morgan fingerprint density at radius 1 is 1.24 bits per heavy atom. The lowest BCUT2D eigenvalue weighted by Gasteiger charge is -2.28. The lowest BCUT2D eigenvalue weighted by molar-refractivity contribution is -0.700. The lowest BCUT2D eigenvalue weighted by atomic mass is 10.0. The third kappa shape index (κ3) is 7.04. The summed E-state index contributed by atoms with van der Waals surface area (Å²) < 4.78 is 1.79. The van der Waals surface area contributed by atoms with Gasteiger partial charge in [-0.25, -0.2) is 23.9 Å². The Hall–Kier alpha value is -4.05. The van der Waals surface area contributed by atoms with E-state index in [1.165, 1.54) is 19.2 Å². The van der Waals surface area contributed by atoms with Gasteiger partial charge in [0.15, 0.2) is 35.8 Å². The molecule has 0 aliphatic carbocycles. The predicted octanol–water partition coefficient (Wildman–Crippen LogP) is 0.0810. The van der Waals surface area contributed by atoms with E-state index in [1.54, 1.807) is 29.1 Å². The summed E-state index contributed by atoms with van der Waals surface area (Å²) in [5.41, 5.74) is 3.03. The second-order valence-electron chi connectivity index (χ2n) is 8.52. The summed E-state index contributed by atoms with van der Waals surface area (Å²) in [6.07, 6.45) is 3.55. The normalized spacial score (nSPS) is 18.7. The van der Waals surface area contributed by atoms with Crippen molar-refractivity contribution in [3.05, 3.63) is 41.7 Å². The number of thioether (sulfide) groups is 1. The second kappa shape index (κ2) is 12.0. The van der Waals surface area contributed by atoms with Gasteiger partial charge in [-0.1, -0.05) is 11.2 Å². The highest BCUT2D eigenvalue weighted by atomic mass is 32.2. The molecular formula is C22H25N6O8S2+. The van der Waals surface area contributed by atoms with E-state index in [9.17, 15) is 34.5 Å². The van der Waals surface area contributed by atoms with Crippen LogP contribution >= 0.6 is 23.1 Å². The van der Waals surface area contributed by atoms with Crippen LogP contribution in [-0.2, 0) is 30.6 Å². The van der Waals surface area contributed by atoms with Crippen LogP contribution in [0.5, 0.6) is 0 Å². The summed E-state index contributed by atoms with van der Waals surface area (Å²) in [7, 11) is 0. The van der Waals surface area contributed by atoms with Gasteiger partial charge in [0.05, 0.1) is 5.92 Å². The molecular weight excluding hydrogens is 540 g/mol. The molecule has 1 aliphatic heterocycles. The molecule has 0 radical (unpaired) electrons. The van der Waals surface area contributed by atoms with Crippen molar-refractivity contribution in [2.75, 3.05) is 11.5 Å². The first-order chi connectivity index (χ1) is 17.9. The topological polar surface area (TPSA) is 218 Å². The van der Waals surface area contributed by atoms with E-state index < -0.39 is 52.5 Å². The minimum absolute atomic E-state index is 0.0682. The molecule has 202 valence electrons. The Morgan fingerprint density at radius 2 is 1.92 bits per heavy atom. The number of carboxylic acid groups (broad SMARTS) is 3. The molecule has 0 aromatic carbocycles. The molecule has 1 unspecified atom stereocenters.